The van der Waals surface area contributed by atoms with Gasteiger partial charge in [0.25, 0.3) is 0 Å². The largest absolute Gasteiger partial charge is 0.384 e. The van der Waals surface area contributed by atoms with Gasteiger partial charge in [-0.15, -0.1) is 0 Å². The van der Waals surface area contributed by atoms with Gasteiger partial charge in [-0.25, -0.2) is 0 Å². The molecule has 0 radical (unpaired) electrons. The van der Waals surface area contributed by atoms with Crippen LogP contribution in [0, 0.1) is 5.41 Å². The van der Waals surface area contributed by atoms with Crippen molar-refractivity contribution < 1.29 is 0 Å². The summed E-state index contributed by atoms with van der Waals surface area (Å²) >= 11 is 0. The average molecular weight is 258 g/mol. The zero-order chi connectivity index (χ0) is 13.2. The predicted octanol–water partition coefficient (Wildman–Crippen LogP) is 1.65. The van der Waals surface area contributed by atoms with Crippen molar-refractivity contribution in [2.45, 2.75) is 25.3 Å². The molecule has 3 rings (SSSR count). The van der Waals surface area contributed by atoms with Gasteiger partial charge in [0.1, 0.15) is 5.84 Å². The number of nitrogen functional groups attached to an aromatic ring is 1. The normalized spacial score (nSPS) is 24.0. The van der Waals surface area contributed by atoms with Gasteiger partial charge in [0.05, 0.1) is 0 Å². The third-order valence-corrected chi connectivity index (χ3v) is 4.34. The zero-order valence-corrected chi connectivity index (χ0v) is 11.3. The number of nitrogens with two attached hydrogens (primary N) is 1. The first-order chi connectivity index (χ1) is 9.25. The Bertz CT molecular complexity index is 471. The average Bonchev–Trinajstić information content (AvgIpc) is 2.76. The van der Waals surface area contributed by atoms with Crippen LogP contribution in [0.15, 0.2) is 24.3 Å². The zero-order valence-electron chi connectivity index (χ0n) is 11.3. The molecule has 0 spiro atoms. The van der Waals surface area contributed by atoms with Gasteiger partial charge in [-0.1, -0.05) is 12.1 Å². The van der Waals surface area contributed by atoms with Crippen LogP contribution in [0.5, 0.6) is 0 Å². The summed E-state index contributed by atoms with van der Waals surface area (Å²) in [4.78, 5) is 5.04. The molecule has 1 aromatic carbocycles. The lowest BCUT2D eigenvalue weighted by atomic mass is 10.1. The summed E-state index contributed by atoms with van der Waals surface area (Å²) in [5.74, 6) is 0.170. The molecule has 4 nitrogen and oxygen atoms in total. The number of anilines is 1. The second-order valence-corrected chi connectivity index (χ2v) is 5.56. The molecule has 2 saturated heterocycles. The fourth-order valence-electron chi connectivity index (χ4n) is 3.40. The van der Waals surface area contributed by atoms with Crippen LogP contribution in [0.25, 0.3) is 0 Å². The minimum absolute atomic E-state index is 0.170. The molecule has 1 atom stereocenters. The molecular formula is C15H22N4. The maximum atomic E-state index is 7.74. The standard InChI is InChI=1S/C15H22N4/c16-15(17)13-6-1-2-7-14(13)19-10-4-9-18-8-3-5-12(18)11-19/h1-2,6-7,12H,3-5,8-11H2,(H3,16,17). The molecule has 2 aliphatic rings. The number of hydrogen-bond acceptors (Lipinski definition) is 3. The fourth-order valence-corrected chi connectivity index (χ4v) is 3.40. The molecule has 4 heteroatoms. The van der Waals surface area contributed by atoms with E-state index in [4.69, 9.17) is 11.1 Å². The summed E-state index contributed by atoms with van der Waals surface area (Å²) in [5, 5.41) is 7.74. The van der Waals surface area contributed by atoms with Crippen LogP contribution in [0.3, 0.4) is 0 Å². The van der Waals surface area contributed by atoms with Crippen LogP contribution in [-0.2, 0) is 0 Å². The lowest BCUT2D eigenvalue weighted by Gasteiger charge is -2.28. The molecule has 0 aromatic heterocycles. The van der Waals surface area contributed by atoms with Crippen molar-refractivity contribution in [1.82, 2.24) is 4.90 Å². The van der Waals surface area contributed by atoms with Crippen molar-refractivity contribution in [2.24, 2.45) is 5.73 Å². The quantitative estimate of drug-likeness (QED) is 0.626. The summed E-state index contributed by atoms with van der Waals surface area (Å²) in [6, 6.07) is 8.73. The lowest BCUT2D eigenvalue weighted by Crippen LogP contribution is -2.37. The predicted molar refractivity (Wildman–Crippen MR) is 78.9 cm³/mol. The third-order valence-electron chi connectivity index (χ3n) is 4.34. The molecule has 2 aliphatic heterocycles. The van der Waals surface area contributed by atoms with Gasteiger partial charge in [0, 0.05) is 36.9 Å². The lowest BCUT2D eigenvalue weighted by molar-refractivity contribution is 0.273. The first-order valence-electron chi connectivity index (χ1n) is 7.18. The number of rotatable bonds is 2. The Labute approximate surface area is 114 Å². The van der Waals surface area contributed by atoms with E-state index in [0.29, 0.717) is 6.04 Å². The van der Waals surface area contributed by atoms with E-state index in [9.17, 15) is 0 Å². The molecule has 2 fully saturated rings. The Morgan fingerprint density at radius 2 is 1.95 bits per heavy atom. The Kier molecular flexibility index (Phi) is 3.42. The SMILES string of the molecule is N=C(N)c1ccccc1N1CCCN2CCCC2C1. The molecule has 3 N–H and O–H groups in total. The molecule has 2 heterocycles. The van der Waals surface area contributed by atoms with Crippen LogP contribution in [0.1, 0.15) is 24.8 Å². The van der Waals surface area contributed by atoms with Gasteiger partial charge < -0.3 is 10.6 Å². The molecule has 19 heavy (non-hydrogen) atoms. The van der Waals surface area contributed by atoms with Crippen LogP contribution < -0.4 is 10.6 Å². The Hall–Kier alpha value is -1.55. The Morgan fingerprint density at radius 1 is 1.16 bits per heavy atom. The van der Waals surface area contributed by atoms with Crippen LogP contribution >= 0.6 is 0 Å². The van der Waals surface area contributed by atoms with Gasteiger partial charge in [0.15, 0.2) is 0 Å². The van der Waals surface area contributed by atoms with E-state index in [-0.39, 0.29) is 5.84 Å². The van der Waals surface area contributed by atoms with Gasteiger partial charge in [-0.3, -0.25) is 10.3 Å². The minimum Gasteiger partial charge on any atom is -0.384 e. The van der Waals surface area contributed by atoms with Gasteiger partial charge in [0.2, 0.25) is 0 Å². The van der Waals surface area contributed by atoms with E-state index in [0.717, 1.165) is 24.3 Å². The maximum absolute atomic E-state index is 7.74. The second-order valence-electron chi connectivity index (χ2n) is 5.56. The van der Waals surface area contributed by atoms with Gasteiger partial charge in [-0.2, -0.15) is 0 Å². The number of nitrogens with one attached hydrogen (secondary N) is 1. The van der Waals surface area contributed by atoms with E-state index in [1.807, 2.05) is 18.2 Å². The maximum Gasteiger partial charge on any atom is 0.124 e. The summed E-state index contributed by atoms with van der Waals surface area (Å²) in [7, 11) is 0. The summed E-state index contributed by atoms with van der Waals surface area (Å²) < 4.78 is 0. The van der Waals surface area contributed by atoms with E-state index in [2.05, 4.69) is 15.9 Å². The molecule has 1 aromatic rings. The monoisotopic (exact) mass is 258 g/mol. The second kappa shape index (κ2) is 5.21. The summed E-state index contributed by atoms with van der Waals surface area (Å²) in [6.45, 7) is 4.61. The number of nitrogens with zero attached hydrogens (tertiary/aromatic N) is 2. The number of amidine groups is 1. The van der Waals surface area contributed by atoms with Crippen molar-refractivity contribution in [3.05, 3.63) is 29.8 Å². The molecule has 1 unspecified atom stereocenters. The summed E-state index contributed by atoms with van der Waals surface area (Å²) in [5.41, 5.74) is 7.71. The topological polar surface area (TPSA) is 56.4 Å². The van der Waals surface area contributed by atoms with Gasteiger partial charge >= 0.3 is 0 Å². The van der Waals surface area contributed by atoms with Crippen molar-refractivity contribution >= 4 is 11.5 Å². The molecular weight excluding hydrogens is 236 g/mol. The van der Waals surface area contributed by atoms with E-state index in [1.165, 1.54) is 32.4 Å². The summed E-state index contributed by atoms with van der Waals surface area (Å²) in [6.07, 6.45) is 3.83. The number of hydrogen-bond donors (Lipinski definition) is 2. The molecule has 0 aliphatic carbocycles. The fraction of sp³-hybridized carbons (Fsp3) is 0.533. The molecule has 0 bridgehead atoms. The van der Waals surface area contributed by atoms with Crippen molar-refractivity contribution in [1.29, 1.82) is 5.41 Å². The van der Waals surface area contributed by atoms with E-state index < -0.39 is 0 Å². The van der Waals surface area contributed by atoms with Crippen molar-refractivity contribution in [2.75, 3.05) is 31.1 Å². The number of fused-ring (bicyclic) bond motifs is 1. The first kappa shape index (κ1) is 12.5. The molecule has 102 valence electrons. The number of benzene rings is 1. The smallest absolute Gasteiger partial charge is 0.124 e. The Balaban J connectivity index is 1.87. The van der Waals surface area contributed by atoms with Crippen molar-refractivity contribution in [3.8, 4) is 0 Å². The highest BCUT2D eigenvalue weighted by molar-refractivity contribution is 6.00. The molecule has 0 saturated carbocycles. The van der Waals surface area contributed by atoms with Gasteiger partial charge in [-0.05, 0) is 37.9 Å². The van der Waals surface area contributed by atoms with Crippen molar-refractivity contribution in [3.63, 3.8) is 0 Å². The third kappa shape index (κ3) is 2.45. The Morgan fingerprint density at radius 3 is 2.79 bits per heavy atom. The van der Waals surface area contributed by atoms with Crippen LogP contribution in [-0.4, -0.2) is 43.0 Å². The van der Waals surface area contributed by atoms with Crippen LogP contribution in [0.4, 0.5) is 5.69 Å². The van der Waals surface area contributed by atoms with E-state index in [1.54, 1.807) is 0 Å². The molecule has 0 amide bonds. The van der Waals surface area contributed by atoms with E-state index >= 15 is 0 Å². The highest BCUT2D eigenvalue weighted by Crippen LogP contribution is 2.27. The number of para-hydroxylation sites is 1. The minimum atomic E-state index is 0.170. The van der Waals surface area contributed by atoms with Crippen LogP contribution in [0.2, 0.25) is 0 Å². The first-order valence-corrected chi connectivity index (χ1v) is 7.18. The highest BCUT2D eigenvalue weighted by Gasteiger charge is 2.29. The highest BCUT2D eigenvalue weighted by atomic mass is 15.3.